The van der Waals surface area contributed by atoms with E-state index < -0.39 is 23.5 Å². The highest BCUT2D eigenvalue weighted by Gasteiger charge is 2.34. The third-order valence-electron chi connectivity index (χ3n) is 9.16. The van der Waals surface area contributed by atoms with E-state index in [2.05, 4.69) is 16.1 Å². The van der Waals surface area contributed by atoms with Crippen molar-refractivity contribution in [3.05, 3.63) is 83.1 Å². The number of benzene rings is 2. The summed E-state index contributed by atoms with van der Waals surface area (Å²) in [5.74, 6) is -1.34. The van der Waals surface area contributed by atoms with Crippen molar-refractivity contribution < 1.29 is 23.8 Å². The number of ether oxygens (including phenoxy) is 2. The van der Waals surface area contributed by atoms with Crippen molar-refractivity contribution in [2.45, 2.75) is 59.2 Å². The summed E-state index contributed by atoms with van der Waals surface area (Å²) in [6, 6.07) is 13.6. The van der Waals surface area contributed by atoms with Gasteiger partial charge in [0.15, 0.2) is 17.7 Å². The Bertz CT molecular complexity index is 2260. The maximum Gasteiger partial charge on any atom is 0.337 e. The number of fused-ring (bicyclic) bond motifs is 3. The molecule has 6 aromatic rings. The molecule has 0 unspecified atom stereocenters. The normalized spacial score (nSPS) is 13.9. The second-order valence-electron chi connectivity index (χ2n) is 13.5. The molecular formula is C38H38FN5O4. The molecule has 4 aromatic heterocycles. The predicted molar refractivity (Wildman–Crippen MR) is 184 cm³/mol. The molecule has 0 aliphatic carbocycles. The largest absolute Gasteiger partial charge is 0.490 e. The first kappa shape index (κ1) is 31.5. The van der Waals surface area contributed by atoms with E-state index in [-0.39, 0.29) is 5.75 Å². The molecule has 0 fully saturated rings. The topological polar surface area (TPSA) is 104 Å². The first-order chi connectivity index (χ1) is 22.8. The lowest BCUT2D eigenvalue weighted by atomic mass is 9.86. The van der Waals surface area contributed by atoms with Gasteiger partial charge in [-0.2, -0.15) is 5.10 Å². The Morgan fingerprint density at radius 2 is 1.88 bits per heavy atom. The number of nitrogens with zero attached hydrogens (tertiary/aromatic N) is 5. The van der Waals surface area contributed by atoms with E-state index in [1.54, 1.807) is 13.1 Å². The van der Waals surface area contributed by atoms with Crippen LogP contribution in [0.3, 0.4) is 0 Å². The van der Waals surface area contributed by atoms with Gasteiger partial charge in [-0.15, -0.1) is 0 Å². The molecule has 7 rings (SSSR count). The molecule has 0 saturated heterocycles. The van der Waals surface area contributed by atoms with Crippen LogP contribution in [0, 0.1) is 19.7 Å². The highest BCUT2D eigenvalue weighted by molar-refractivity contribution is 6.01. The first-order valence-electron chi connectivity index (χ1n) is 16.1. The van der Waals surface area contributed by atoms with E-state index in [9.17, 15) is 9.90 Å². The van der Waals surface area contributed by atoms with E-state index in [0.717, 1.165) is 51.0 Å². The monoisotopic (exact) mass is 647 g/mol. The van der Waals surface area contributed by atoms with E-state index in [0.29, 0.717) is 46.4 Å². The fourth-order valence-corrected chi connectivity index (χ4v) is 6.92. The van der Waals surface area contributed by atoms with Crippen molar-refractivity contribution in [1.82, 2.24) is 24.3 Å². The molecule has 0 spiro atoms. The van der Waals surface area contributed by atoms with Gasteiger partial charge in [0, 0.05) is 64.6 Å². The van der Waals surface area contributed by atoms with Crippen LogP contribution in [0.25, 0.3) is 55.6 Å². The second-order valence-corrected chi connectivity index (χ2v) is 13.5. The predicted octanol–water partition coefficient (Wildman–Crippen LogP) is 7.88. The number of carboxylic acid groups (broad SMARTS) is 1. The smallest absolute Gasteiger partial charge is 0.337 e. The quantitative estimate of drug-likeness (QED) is 0.196. The summed E-state index contributed by atoms with van der Waals surface area (Å²) in [6.45, 7) is 9.65. The van der Waals surface area contributed by atoms with Gasteiger partial charge >= 0.3 is 5.97 Å². The van der Waals surface area contributed by atoms with E-state index in [1.165, 1.54) is 6.07 Å². The number of carbonyl (C=O) groups is 1. The Labute approximate surface area is 278 Å². The summed E-state index contributed by atoms with van der Waals surface area (Å²) < 4.78 is 31.6. The second kappa shape index (κ2) is 11.6. The SMILES string of the molecule is Cc1nc2c(cc(-c3ccnc(-c4ccc5c(cnn5C)c4)c3)n2C)c(-c2cc(F)c3c(c2C)CCCO3)c1[C@H](OC(C)(C)C)C(=O)O. The lowest BCUT2D eigenvalue weighted by Gasteiger charge is -2.29. The van der Waals surface area contributed by atoms with Crippen molar-refractivity contribution >= 4 is 27.9 Å². The molecule has 1 N–H and O–H groups in total. The van der Waals surface area contributed by atoms with Gasteiger partial charge in [0.25, 0.3) is 0 Å². The van der Waals surface area contributed by atoms with Gasteiger partial charge in [-0.05, 0) is 95.0 Å². The lowest BCUT2D eigenvalue weighted by Crippen LogP contribution is -2.28. The standard InChI is InChI=1S/C38H38FN5O4/c1-20-25-9-8-14-47-34(25)28(39)17-26(20)33-27-18-31(43(6)36(27)42-21(2)32(33)35(37(45)46)48-38(3,4)5)23-12-13-40-29(16-23)22-10-11-30-24(15-22)19-41-44(30)7/h10-13,15-19,35H,8-9,14H2,1-7H3,(H,45,46)/t35-/m0/s1. The minimum Gasteiger partial charge on any atom is -0.490 e. The molecule has 48 heavy (non-hydrogen) atoms. The molecule has 0 amide bonds. The number of aryl methyl sites for hydroxylation is 3. The number of rotatable bonds is 6. The number of aliphatic carboxylic acids is 1. The highest BCUT2D eigenvalue weighted by Crippen LogP contribution is 2.45. The molecular weight excluding hydrogens is 609 g/mol. The Kier molecular flexibility index (Phi) is 7.58. The Morgan fingerprint density at radius 1 is 1.08 bits per heavy atom. The van der Waals surface area contributed by atoms with Crippen LogP contribution in [-0.4, -0.2) is 47.6 Å². The summed E-state index contributed by atoms with van der Waals surface area (Å²) in [4.78, 5) is 22.6. The van der Waals surface area contributed by atoms with Crippen LogP contribution >= 0.6 is 0 Å². The zero-order chi connectivity index (χ0) is 34.1. The van der Waals surface area contributed by atoms with Crippen LogP contribution in [0.5, 0.6) is 5.75 Å². The minimum absolute atomic E-state index is 0.273. The molecule has 1 atom stereocenters. The number of aromatic nitrogens is 5. The van der Waals surface area contributed by atoms with Gasteiger partial charge in [-0.1, -0.05) is 6.07 Å². The molecule has 10 heteroatoms. The van der Waals surface area contributed by atoms with Crippen LogP contribution in [-0.2, 0) is 30.0 Å². The van der Waals surface area contributed by atoms with Crippen LogP contribution in [0.2, 0.25) is 0 Å². The van der Waals surface area contributed by atoms with Crippen molar-refractivity contribution in [2.24, 2.45) is 14.1 Å². The third-order valence-corrected chi connectivity index (χ3v) is 9.16. The molecule has 2 aromatic carbocycles. The van der Waals surface area contributed by atoms with Crippen molar-refractivity contribution in [2.75, 3.05) is 6.61 Å². The summed E-state index contributed by atoms with van der Waals surface area (Å²) in [5.41, 5.74) is 8.15. The van der Waals surface area contributed by atoms with Gasteiger partial charge in [0.2, 0.25) is 0 Å². The molecule has 246 valence electrons. The zero-order valence-corrected chi connectivity index (χ0v) is 28.2. The minimum atomic E-state index is -1.34. The Hall–Kier alpha value is -5.09. The molecule has 1 aliphatic heterocycles. The average molecular weight is 648 g/mol. The Morgan fingerprint density at radius 3 is 2.62 bits per heavy atom. The maximum atomic E-state index is 15.8. The van der Waals surface area contributed by atoms with Gasteiger partial charge in [0.05, 0.1) is 35.3 Å². The highest BCUT2D eigenvalue weighted by atomic mass is 19.1. The molecule has 5 heterocycles. The number of hydrogen-bond acceptors (Lipinski definition) is 6. The van der Waals surface area contributed by atoms with Gasteiger partial charge in [0.1, 0.15) is 5.65 Å². The molecule has 9 nitrogen and oxygen atoms in total. The summed E-state index contributed by atoms with van der Waals surface area (Å²) in [6.07, 6.45) is 3.71. The van der Waals surface area contributed by atoms with E-state index in [4.69, 9.17) is 14.5 Å². The zero-order valence-electron chi connectivity index (χ0n) is 28.2. The van der Waals surface area contributed by atoms with Crippen LogP contribution in [0.15, 0.2) is 54.9 Å². The number of hydrogen-bond donors (Lipinski definition) is 1. The molecule has 0 bridgehead atoms. The first-order valence-corrected chi connectivity index (χ1v) is 16.1. The van der Waals surface area contributed by atoms with Crippen LogP contribution in [0.4, 0.5) is 4.39 Å². The number of pyridine rings is 2. The fraction of sp³-hybridized carbons (Fsp3) is 0.316. The average Bonchev–Trinajstić information content (AvgIpc) is 3.59. The number of halogens is 1. The maximum absolute atomic E-state index is 15.8. The lowest BCUT2D eigenvalue weighted by molar-refractivity contribution is -0.160. The molecule has 0 radical (unpaired) electrons. The van der Waals surface area contributed by atoms with Gasteiger partial charge < -0.3 is 19.1 Å². The third kappa shape index (κ3) is 5.30. The summed E-state index contributed by atoms with van der Waals surface area (Å²) in [5, 5.41) is 16.6. The van der Waals surface area contributed by atoms with Crippen LogP contribution in [0.1, 0.15) is 55.7 Å². The van der Waals surface area contributed by atoms with Gasteiger partial charge in [-0.3, -0.25) is 9.67 Å². The fourth-order valence-electron chi connectivity index (χ4n) is 6.92. The van der Waals surface area contributed by atoms with Crippen LogP contribution < -0.4 is 4.74 Å². The summed E-state index contributed by atoms with van der Waals surface area (Å²) in [7, 11) is 3.85. The summed E-state index contributed by atoms with van der Waals surface area (Å²) >= 11 is 0. The Balaban J connectivity index is 1.48. The molecule has 0 saturated carbocycles. The number of carboxylic acids is 1. The molecule has 1 aliphatic rings. The van der Waals surface area contributed by atoms with E-state index >= 15 is 4.39 Å². The van der Waals surface area contributed by atoms with Crippen molar-refractivity contribution in [3.8, 4) is 39.4 Å². The van der Waals surface area contributed by atoms with E-state index in [1.807, 2.05) is 87.6 Å². The van der Waals surface area contributed by atoms with Crippen molar-refractivity contribution in [1.29, 1.82) is 0 Å². The van der Waals surface area contributed by atoms with Crippen molar-refractivity contribution in [3.63, 3.8) is 0 Å². The van der Waals surface area contributed by atoms with Gasteiger partial charge in [-0.25, -0.2) is 14.2 Å².